The number of pyridine rings is 4. The number of carbonyl (C=O) groups is 4. The lowest BCUT2D eigenvalue weighted by Gasteiger charge is -2.10. The highest BCUT2D eigenvalue weighted by molar-refractivity contribution is 14.1. The summed E-state index contributed by atoms with van der Waals surface area (Å²) in [6, 6.07) is 20.5. The number of fused-ring (bicyclic) bond motifs is 4. The van der Waals surface area contributed by atoms with Crippen LogP contribution in [0.5, 0.6) is 0 Å². The Labute approximate surface area is 431 Å². The lowest BCUT2D eigenvalue weighted by atomic mass is 10.1. The number of nitrogens with zero attached hydrogens (tertiary/aromatic N) is 10. The second-order valence-corrected chi connectivity index (χ2v) is 17.2. The van der Waals surface area contributed by atoms with E-state index in [1.54, 1.807) is 105 Å². The minimum atomic E-state index is -4.47. The second-order valence-electron chi connectivity index (χ2n) is 16.1. The number of amides is 3. The molecule has 0 bridgehead atoms. The lowest BCUT2D eigenvalue weighted by molar-refractivity contribution is -0.122. The number of carbonyl (C=O) groups excluding carboxylic acids is 4. The molecule has 23 heteroatoms. The van der Waals surface area contributed by atoms with Gasteiger partial charge in [0.1, 0.15) is 32.8 Å². The Morgan fingerprint density at radius 3 is 1.77 bits per heavy atom. The molecule has 3 N–H and O–H groups in total. The minimum absolute atomic E-state index is 0.0201. The Hall–Kier alpha value is -9.00. The Bertz CT molecular complexity index is 3790. The molecule has 0 aliphatic carbocycles. The molecule has 3 amide bonds. The smallest absolute Gasteiger partial charge is 0.405 e. The molecule has 376 valence electrons. The Balaban J connectivity index is 0.000000141. The Morgan fingerprint density at radius 2 is 1.19 bits per heavy atom. The van der Waals surface area contributed by atoms with Gasteiger partial charge in [0.2, 0.25) is 5.91 Å². The molecule has 10 aromatic heterocycles. The summed E-state index contributed by atoms with van der Waals surface area (Å²) in [6.07, 6.45) is 16.9. The molecule has 0 spiro atoms. The molecule has 0 atom stereocenters. The number of imidazole rings is 4. The van der Waals surface area contributed by atoms with Gasteiger partial charge in [-0.2, -0.15) is 13.2 Å². The van der Waals surface area contributed by atoms with Crippen molar-refractivity contribution in [1.29, 1.82) is 0 Å². The van der Waals surface area contributed by atoms with E-state index in [9.17, 15) is 32.3 Å². The number of alkyl halides is 3. The number of hydrogen-bond donors (Lipinski definition) is 3. The van der Waals surface area contributed by atoms with E-state index in [1.807, 2.05) is 85.8 Å². The number of aryl methyl sites for hydroxylation is 2. The van der Waals surface area contributed by atoms with Crippen LogP contribution in [0, 0.1) is 17.5 Å². The zero-order valence-corrected chi connectivity index (χ0v) is 41.9. The van der Waals surface area contributed by atoms with Crippen molar-refractivity contribution in [3.63, 3.8) is 0 Å². The summed E-state index contributed by atoms with van der Waals surface area (Å²) in [7, 11) is 0. The number of rotatable bonds is 9. The van der Waals surface area contributed by atoms with E-state index in [2.05, 4.69) is 63.1 Å². The highest BCUT2D eigenvalue weighted by Gasteiger charge is 2.27. The Kier molecular flexibility index (Phi) is 15.7. The maximum absolute atomic E-state index is 12.2. The van der Waals surface area contributed by atoms with Crippen LogP contribution in [0.1, 0.15) is 46.3 Å². The van der Waals surface area contributed by atoms with Crippen LogP contribution in [0.25, 0.3) is 56.5 Å². The van der Waals surface area contributed by atoms with Crippen molar-refractivity contribution in [1.82, 2.24) is 58.1 Å². The van der Waals surface area contributed by atoms with E-state index in [4.69, 9.17) is 8.83 Å². The first-order chi connectivity index (χ1) is 35.5. The van der Waals surface area contributed by atoms with E-state index >= 15 is 0 Å². The second kappa shape index (κ2) is 22.6. The van der Waals surface area contributed by atoms with Crippen LogP contribution in [-0.4, -0.2) is 90.3 Å². The number of anilines is 1. The summed E-state index contributed by atoms with van der Waals surface area (Å²) in [5.41, 5.74) is 8.04. The molecule has 0 radical (unpaired) electrons. The van der Waals surface area contributed by atoms with Gasteiger partial charge >= 0.3 is 12.2 Å². The topological polar surface area (TPSA) is 226 Å². The van der Waals surface area contributed by atoms with Crippen molar-refractivity contribution >= 4 is 74.4 Å². The van der Waals surface area contributed by atoms with Crippen LogP contribution in [0.4, 0.5) is 23.7 Å². The molecule has 19 nitrogen and oxygen atoms in total. The number of urea groups is 1. The average molecular weight is 1120 g/mol. The summed E-state index contributed by atoms with van der Waals surface area (Å²) in [5, 5.41) is 6.64. The molecule has 11 aromatic rings. The van der Waals surface area contributed by atoms with Crippen LogP contribution >= 0.6 is 22.6 Å². The van der Waals surface area contributed by atoms with Crippen LogP contribution in [-0.2, 0) is 4.79 Å². The zero-order valence-electron chi connectivity index (χ0n) is 39.7. The molecule has 0 saturated heterocycles. The van der Waals surface area contributed by atoms with E-state index in [-0.39, 0.29) is 24.0 Å². The third-order valence-corrected chi connectivity index (χ3v) is 11.5. The molecule has 0 unspecified atom stereocenters. The summed E-state index contributed by atoms with van der Waals surface area (Å²) < 4.78 is 56.4. The molecule has 1 aromatic carbocycles. The van der Waals surface area contributed by atoms with Gasteiger partial charge in [0.05, 0.1) is 37.0 Å². The molecule has 0 aliphatic rings. The number of ketones is 2. The van der Waals surface area contributed by atoms with Gasteiger partial charge in [-0.25, -0.2) is 34.7 Å². The molecule has 74 heavy (non-hydrogen) atoms. The van der Waals surface area contributed by atoms with Crippen LogP contribution in [0.15, 0.2) is 156 Å². The third-order valence-electron chi connectivity index (χ3n) is 10.7. The van der Waals surface area contributed by atoms with Crippen molar-refractivity contribution in [3.05, 3.63) is 174 Å². The van der Waals surface area contributed by atoms with Crippen LogP contribution in [0.3, 0.4) is 0 Å². The molecule has 10 heterocycles. The predicted octanol–water partition coefficient (Wildman–Crippen LogP) is 9.74. The molecule has 0 fully saturated rings. The quantitative estimate of drug-likeness (QED) is 0.0907. The third kappa shape index (κ3) is 13.1. The number of benzene rings is 1. The zero-order chi connectivity index (χ0) is 52.5. The summed E-state index contributed by atoms with van der Waals surface area (Å²) >= 11 is 2.25. The normalized spacial score (nSPS) is 11.0. The first-order valence-electron chi connectivity index (χ1n) is 22.3. The summed E-state index contributed by atoms with van der Waals surface area (Å²) in [5.74, 6) is 2.38. The van der Waals surface area contributed by atoms with Crippen molar-refractivity contribution in [2.45, 2.75) is 33.9 Å². The van der Waals surface area contributed by atoms with Gasteiger partial charge in [-0.1, -0.05) is 12.1 Å². The standard InChI is InChI=1S/C20H16F3N5O2.C11H8IN3O.C11H11N3O2.C9H8N2O/c1-12-24-10-17(30-12)14-5-6-28-16(9-25-18(28)8-14)13-3-2-4-15(7-13)27-19(29)26-11-20(21,22)23;1-7-13-5-9(16-7)8-2-3-15-10(12)6-14-11(15)4-8;1-8(15)13-7-10(16)9-2-4-14-5-3-12-11(14)6-9;1-7(12)8-2-4-11-5-3-10-9(11)6-8/h2-10H,11H2,1H3,(H2,26,27,29);2-6H,1H3;2-6H,7H2,1H3,(H,13,15);2-6H,1H3. The highest BCUT2D eigenvalue weighted by atomic mass is 127. The van der Waals surface area contributed by atoms with Gasteiger partial charge in [0, 0.05) is 104 Å². The van der Waals surface area contributed by atoms with E-state index < -0.39 is 18.8 Å². The predicted molar refractivity (Wildman–Crippen MR) is 275 cm³/mol. The minimum Gasteiger partial charge on any atom is -0.441 e. The number of hydrogen-bond acceptors (Lipinski definition) is 12. The largest absolute Gasteiger partial charge is 0.441 e. The lowest BCUT2D eigenvalue weighted by Crippen LogP contribution is -2.36. The van der Waals surface area contributed by atoms with Gasteiger partial charge in [0.15, 0.2) is 34.9 Å². The van der Waals surface area contributed by atoms with Gasteiger partial charge in [-0.3, -0.25) is 23.2 Å². The average Bonchev–Trinajstić information content (AvgIpc) is 4.26. The van der Waals surface area contributed by atoms with E-state index in [1.165, 1.54) is 6.92 Å². The van der Waals surface area contributed by atoms with Crippen LogP contribution in [0.2, 0.25) is 0 Å². The highest BCUT2D eigenvalue weighted by Crippen LogP contribution is 2.28. The van der Waals surface area contributed by atoms with Gasteiger partial charge in [-0.05, 0) is 90.2 Å². The van der Waals surface area contributed by atoms with E-state index in [0.29, 0.717) is 45.7 Å². The fraction of sp³-hybridized carbons (Fsp3) is 0.137. The maximum Gasteiger partial charge on any atom is 0.405 e. The van der Waals surface area contributed by atoms with Gasteiger partial charge in [-0.15, -0.1) is 0 Å². The van der Waals surface area contributed by atoms with Crippen molar-refractivity contribution < 1.29 is 41.2 Å². The molecule has 0 saturated carbocycles. The van der Waals surface area contributed by atoms with Gasteiger partial charge in [0.25, 0.3) is 0 Å². The number of nitrogens with one attached hydrogen (secondary N) is 3. The maximum atomic E-state index is 12.2. The van der Waals surface area contributed by atoms with Crippen molar-refractivity contribution in [2.24, 2.45) is 0 Å². The fourth-order valence-corrected chi connectivity index (χ4v) is 7.62. The number of Topliss-reactive ketones (excluding diaryl/α,β-unsaturated/α-hetero) is 2. The van der Waals surface area contributed by atoms with E-state index in [0.717, 1.165) is 43.1 Å². The molecular weight excluding hydrogens is 1070 g/mol. The first kappa shape index (κ1) is 51.4. The fourth-order valence-electron chi connectivity index (χ4n) is 7.07. The van der Waals surface area contributed by atoms with Crippen molar-refractivity contribution in [3.8, 4) is 33.9 Å². The number of oxazole rings is 2. The monoisotopic (exact) mass is 1120 g/mol. The molecular formula is C51H43F3IN13O6. The SMILES string of the molecule is CC(=O)NCC(=O)c1ccn2ccnc2c1.CC(=O)c1ccn2ccnc2c1.Cc1ncc(-c2ccn3c(-c4cccc(NC(=O)NCC(F)(F)F)c4)cnc3c2)o1.Cc1ncc(-c2ccn3c(I)cnc3c2)o1. The Morgan fingerprint density at radius 1 is 0.608 bits per heavy atom. The summed E-state index contributed by atoms with van der Waals surface area (Å²) in [6.45, 7) is 5.14. The summed E-state index contributed by atoms with van der Waals surface area (Å²) in [4.78, 5) is 70.0. The number of aromatic nitrogens is 10. The van der Waals surface area contributed by atoms with Crippen LogP contribution < -0.4 is 16.0 Å². The first-order valence-corrected chi connectivity index (χ1v) is 23.4. The van der Waals surface area contributed by atoms with Gasteiger partial charge < -0.3 is 33.6 Å². The molecule has 0 aliphatic heterocycles. The molecule has 11 rings (SSSR count). The van der Waals surface area contributed by atoms with Crippen molar-refractivity contribution in [2.75, 3.05) is 18.4 Å². The number of halogens is 4.